The van der Waals surface area contributed by atoms with E-state index in [1.165, 1.54) is 55.4 Å². The zero-order valence-corrected chi connectivity index (χ0v) is 21.0. The van der Waals surface area contributed by atoms with E-state index in [-0.39, 0.29) is 28.2 Å². The van der Waals surface area contributed by atoms with Crippen LogP contribution < -0.4 is 19.8 Å². The molecule has 36 heavy (non-hydrogen) atoms. The van der Waals surface area contributed by atoms with Gasteiger partial charge in [-0.25, -0.2) is 13.1 Å². The lowest BCUT2D eigenvalue weighted by molar-refractivity contribution is 0.353. The number of sulfonamides is 1. The predicted octanol–water partition coefficient (Wildman–Crippen LogP) is 3.49. The summed E-state index contributed by atoms with van der Waals surface area (Å²) in [6.45, 7) is 1.75. The molecule has 2 aromatic heterocycles. The standard InChI is InChI=1S/C23H21ClN6O5S/c1-14-19(22(31)30(28-14)17-6-4-5-15(24)11-17)13-25-16-7-9-18(10-8-16)36(32,33)29-20-12-21(34-2)27-23(26-20)35-3/h4-13,28H,1-3H3,(H,26,27,29). The van der Waals surface area contributed by atoms with Gasteiger partial charge >= 0.3 is 6.01 Å². The fourth-order valence-corrected chi connectivity index (χ4v) is 4.38. The van der Waals surface area contributed by atoms with Gasteiger partial charge in [0, 0.05) is 23.0 Å². The third-order valence-electron chi connectivity index (χ3n) is 4.99. The summed E-state index contributed by atoms with van der Waals surface area (Å²) in [5, 5.41) is 3.50. The monoisotopic (exact) mass is 528 g/mol. The summed E-state index contributed by atoms with van der Waals surface area (Å²) in [7, 11) is -1.22. The molecule has 4 rings (SSSR count). The minimum atomic E-state index is -3.96. The molecule has 0 atom stereocenters. The van der Waals surface area contributed by atoms with Crippen LogP contribution in [0.2, 0.25) is 5.02 Å². The molecular formula is C23H21ClN6O5S. The van der Waals surface area contributed by atoms with Crippen LogP contribution in [0.1, 0.15) is 11.3 Å². The van der Waals surface area contributed by atoms with Gasteiger partial charge in [0.2, 0.25) is 5.88 Å². The molecule has 0 aliphatic rings. The van der Waals surface area contributed by atoms with Crippen molar-refractivity contribution in [3.8, 4) is 17.6 Å². The number of benzene rings is 2. The predicted molar refractivity (Wildman–Crippen MR) is 136 cm³/mol. The number of nitrogens with zero attached hydrogens (tertiary/aromatic N) is 4. The van der Waals surface area contributed by atoms with Crippen LogP contribution in [0.15, 0.2) is 69.3 Å². The molecule has 2 N–H and O–H groups in total. The SMILES string of the molecule is COc1cc(NS(=O)(=O)c2ccc(N=Cc3c(C)[nH]n(-c4cccc(Cl)c4)c3=O)cc2)nc(OC)n1. The Morgan fingerprint density at radius 3 is 2.50 bits per heavy atom. The quantitative estimate of drug-likeness (QED) is 0.333. The van der Waals surface area contributed by atoms with Gasteiger partial charge in [-0.2, -0.15) is 9.97 Å². The minimum absolute atomic E-state index is 0.0142. The molecule has 4 aromatic rings. The van der Waals surface area contributed by atoms with Crippen LogP contribution in [-0.2, 0) is 10.0 Å². The van der Waals surface area contributed by atoms with Crippen molar-refractivity contribution < 1.29 is 17.9 Å². The highest BCUT2D eigenvalue weighted by atomic mass is 35.5. The van der Waals surface area contributed by atoms with Gasteiger partial charge in [-0.15, -0.1) is 0 Å². The van der Waals surface area contributed by atoms with E-state index in [0.29, 0.717) is 27.7 Å². The summed E-state index contributed by atoms with van der Waals surface area (Å²) < 4.78 is 39.3. The Kier molecular flexibility index (Phi) is 7.08. The van der Waals surface area contributed by atoms with Crippen molar-refractivity contribution in [2.24, 2.45) is 4.99 Å². The Labute approximate surface area is 211 Å². The molecule has 2 aromatic carbocycles. The number of nitrogens with one attached hydrogen (secondary N) is 2. The van der Waals surface area contributed by atoms with Crippen molar-refractivity contribution in [3.63, 3.8) is 0 Å². The summed E-state index contributed by atoms with van der Waals surface area (Å²) >= 11 is 6.03. The first-order valence-electron chi connectivity index (χ1n) is 10.4. The maximum absolute atomic E-state index is 12.9. The van der Waals surface area contributed by atoms with Crippen LogP contribution in [0.4, 0.5) is 11.5 Å². The lowest BCUT2D eigenvalue weighted by Crippen LogP contribution is -2.17. The third kappa shape index (κ3) is 5.39. The summed E-state index contributed by atoms with van der Waals surface area (Å²) in [6, 6.07) is 14.0. The maximum atomic E-state index is 12.9. The van der Waals surface area contributed by atoms with E-state index < -0.39 is 10.0 Å². The van der Waals surface area contributed by atoms with Crippen LogP contribution in [-0.4, -0.2) is 48.6 Å². The van der Waals surface area contributed by atoms with Crippen molar-refractivity contribution in [3.05, 3.63) is 81.2 Å². The fraction of sp³-hybridized carbons (Fsp3) is 0.130. The molecule has 0 aliphatic heterocycles. The second-order valence-electron chi connectivity index (χ2n) is 7.41. The molecule has 0 spiro atoms. The van der Waals surface area contributed by atoms with Crippen molar-refractivity contribution in [1.29, 1.82) is 0 Å². The summed E-state index contributed by atoms with van der Waals surface area (Å²) in [6.07, 6.45) is 1.43. The highest BCUT2D eigenvalue weighted by Gasteiger charge is 2.17. The number of anilines is 1. The average Bonchev–Trinajstić information content (AvgIpc) is 3.15. The molecular weight excluding hydrogens is 508 g/mol. The molecule has 2 heterocycles. The van der Waals surface area contributed by atoms with E-state index in [1.807, 2.05) is 0 Å². The topological polar surface area (TPSA) is 141 Å². The van der Waals surface area contributed by atoms with Gasteiger partial charge < -0.3 is 9.47 Å². The van der Waals surface area contributed by atoms with E-state index in [9.17, 15) is 13.2 Å². The van der Waals surface area contributed by atoms with Gasteiger partial charge in [-0.05, 0) is 49.4 Å². The Bertz CT molecular complexity index is 1570. The molecule has 0 fully saturated rings. The van der Waals surface area contributed by atoms with E-state index >= 15 is 0 Å². The van der Waals surface area contributed by atoms with Crippen molar-refractivity contribution >= 4 is 39.3 Å². The van der Waals surface area contributed by atoms with Crippen LogP contribution in [0.25, 0.3) is 5.69 Å². The second-order valence-corrected chi connectivity index (χ2v) is 9.53. The van der Waals surface area contributed by atoms with E-state index in [4.69, 9.17) is 21.1 Å². The highest BCUT2D eigenvalue weighted by Crippen LogP contribution is 2.22. The number of ether oxygens (including phenoxy) is 2. The van der Waals surface area contributed by atoms with Gasteiger partial charge in [0.1, 0.15) is 0 Å². The average molecular weight is 529 g/mol. The van der Waals surface area contributed by atoms with Gasteiger partial charge in [0.05, 0.1) is 36.1 Å². The first-order valence-corrected chi connectivity index (χ1v) is 12.3. The number of aromatic nitrogens is 4. The number of hydrogen-bond acceptors (Lipinski definition) is 8. The lowest BCUT2D eigenvalue weighted by atomic mass is 10.2. The molecule has 13 heteroatoms. The zero-order chi connectivity index (χ0) is 25.9. The first-order chi connectivity index (χ1) is 17.2. The molecule has 186 valence electrons. The smallest absolute Gasteiger partial charge is 0.321 e. The van der Waals surface area contributed by atoms with Crippen LogP contribution in [0, 0.1) is 6.92 Å². The van der Waals surface area contributed by atoms with Gasteiger partial charge in [0.15, 0.2) is 5.82 Å². The Morgan fingerprint density at radius 1 is 1.08 bits per heavy atom. The largest absolute Gasteiger partial charge is 0.481 e. The number of H-pyrrole nitrogens is 1. The van der Waals surface area contributed by atoms with Crippen LogP contribution in [0.5, 0.6) is 11.9 Å². The van der Waals surface area contributed by atoms with Gasteiger partial charge in [-0.3, -0.25) is 19.6 Å². The Hall–Kier alpha value is -4.16. The zero-order valence-electron chi connectivity index (χ0n) is 19.4. The van der Waals surface area contributed by atoms with Crippen LogP contribution in [0.3, 0.4) is 0 Å². The number of methoxy groups -OCH3 is 2. The number of halogens is 1. The summed E-state index contributed by atoms with van der Waals surface area (Å²) in [5.74, 6) is 0.124. The number of rotatable bonds is 8. The molecule has 11 nitrogen and oxygen atoms in total. The fourth-order valence-electron chi connectivity index (χ4n) is 3.21. The molecule has 0 saturated carbocycles. The summed E-state index contributed by atoms with van der Waals surface area (Å²) in [4.78, 5) is 25.1. The normalized spacial score (nSPS) is 11.6. The van der Waals surface area contributed by atoms with Crippen molar-refractivity contribution in [2.45, 2.75) is 11.8 Å². The number of aryl methyl sites for hydroxylation is 1. The highest BCUT2D eigenvalue weighted by molar-refractivity contribution is 7.92. The Balaban J connectivity index is 1.54. The van der Waals surface area contributed by atoms with Crippen molar-refractivity contribution in [1.82, 2.24) is 19.7 Å². The van der Waals surface area contributed by atoms with E-state index in [0.717, 1.165) is 0 Å². The van der Waals surface area contributed by atoms with Gasteiger partial charge in [0.25, 0.3) is 15.6 Å². The first kappa shape index (κ1) is 24.9. The number of hydrogen-bond donors (Lipinski definition) is 2. The van der Waals surface area contributed by atoms with Crippen LogP contribution >= 0.6 is 11.6 Å². The molecule has 0 bridgehead atoms. The molecule has 0 amide bonds. The number of aliphatic imine (C=N–C) groups is 1. The molecule has 0 saturated heterocycles. The summed E-state index contributed by atoms with van der Waals surface area (Å²) in [5.41, 5.74) is 1.73. The number of aromatic amines is 1. The second kappa shape index (κ2) is 10.2. The third-order valence-corrected chi connectivity index (χ3v) is 6.59. The lowest BCUT2D eigenvalue weighted by Gasteiger charge is -2.09. The van der Waals surface area contributed by atoms with Crippen molar-refractivity contribution in [2.75, 3.05) is 18.9 Å². The van der Waals surface area contributed by atoms with E-state index in [1.54, 1.807) is 31.2 Å². The Morgan fingerprint density at radius 2 is 1.83 bits per heavy atom. The molecule has 0 unspecified atom stereocenters. The maximum Gasteiger partial charge on any atom is 0.321 e. The van der Waals surface area contributed by atoms with Gasteiger partial charge in [-0.1, -0.05) is 17.7 Å². The molecule has 0 aliphatic carbocycles. The molecule has 0 radical (unpaired) electrons. The minimum Gasteiger partial charge on any atom is -0.481 e. The van der Waals surface area contributed by atoms with E-state index in [2.05, 4.69) is 24.8 Å².